The van der Waals surface area contributed by atoms with E-state index in [9.17, 15) is 9.59 Å². The van der Waals surface area contributed by atoms with Gasteiger partial charge in [0.2, 0.25) is 0 Å². The molecule has 3 heterocycles. The maximum absolute atomic E-state index is 13.0. The largest absolute Gasteiger partial charge is 0.414 e. The van der Waals surface area contributed by atoms with Crippen LogP contribution < -0.4 is 11.2 Å². The third-order valence-electron chi connectivity index (χ3n) is 7.72. The molecule has 200 valence electrons. The Morgan fingerprint density at radius 3 is 2.14 bits per heavy atom. The standard InChI is InChI=1S/C25H39BrN2O6Si2/c1-14(2)35(15(3)4)31-13-22-21(33-36(34-35,16(5)6)17(7)8)12-23(32-22)28-20-10-9-18(26)11-19(20)24(29)27-25(28)30/h9-11,14-17,21-23H,12-13H2,1-8H3,(H,27,29,30)/t21-,22+,23-/m0/s1. The van der Waals surface area contributed by atoms with Crippen molar-refractivity contribution in [2.24, 2.45) is 0 Å². The van der Waals surface area contributed by atoms with Crippen molar-refractivity contribution < 1.29 is 17.7 Å². The van der Waals surface area contributed by atoms with Crippen molar-refractivity contribution in [3.8, 4) is 0 Å². The zero-order chi connectivity index (χ0) is 26.6. The normalized spacial score (nSPS) is 26.1. The van der Waals surface area contributed by atoms with E-state index in [4.69, 9.17) is 17.7 Å². The first-order valence-corrected chi connectivity index (χ1v) is 17.7. The average molecular weight is 600 g/mol. The minimum absolute atomic E-state index is 0.206. The molecule has 0 radical (unpaired) electrons. The van der Waals surface area contributed by atoms with E-state index in [0.717, 1.165) is 4.47 Å². The topological polar surface area (TPSA) is 91.8 Å². The molecule has 0 amide bonds. The number of nitrogens with zero attached hydrogens (tertiary/aromatic N) is 1. The lowest BCUT2D eigenvalue weighted by Crippen LogP contribution is -2.65. The van der Waals surface area contributed by atoms with E-state index in [2.05, 4.69) is 76.3 Å². The molecule has 2 aliphatic heterocycles. The van der Waals surface area contributed by atoms with Crippen molar-refractivity contribution in [2.75, 3.05) is 6.61 Å². The fourth-order valence-corrected chi connectivity index (χ4v) is 17.4. The van der Waals surface area contributed by atoms with Gasteiger partial charge in [0.05, 0.1) is 23.6 Å². The van der Waals surface area contributed by atoms with Gasteiger partial charge in [-0.3, -0.25) is 14.3 Å². The summed E-state index contributed by atoms with van der Waals surface area (Å²) < 4.78 is 29.9. The van der Waals surface area contributed by atoms with Crippen molar-refractivity contribution >= 4 is 44.0 Å². The molecule has 2 saturated heterocycles. The molecular formula is C25H39BrN2O6Si2. The summed E-state index contributed by atoms with van der Waals surface area (Å²) in [7, 11) is -5.45. The fraction of sp³-hybridized carbons (Fsp3) is 0.680. The summed E-state index contributed by atoms with van der Waals surface area (Å²) in [5.41, 5.74) is 0.518. The minimum atomic E-state index is -2.78. The van der Waals surface area contributed by atoms with Crippen LogP contribution in [0, 0.1) is 0 Å². The summed E-state index contributed by atoms with van der Waals surface area (Å²) in [5, 5.41) is 0.427. The predicted molar refractivity (Wildman–Crippen MR) is 149 cm³/mol. The molecule has 1 aromatic carbocycles. The smallest absolute Gasteiger partial charge is 0.335 e. The first-order chi connectivity index (χ1) is 16.8. The summed E-state index contributed by atoms with van der Waals surface area (Å²) in [6, 6.07) is 5.32. The first-order valence-electron chi connectivity index (χ1n) is 12.9. The van der Waals surface area contributed by atoms with Crippen molar-refractivity contribution in [1.82, 2.24) is 9.55 Å². The summed E-state index contributed by atoms with van der Waals surface area (Å²) >= 11 is 3.42. The summed E-state index contributed by atoms with van der Waals surface area (Å²) in [4.78, 5) is 28.0. The Bertz CT molecular complexity index is 1210. The molecule has 3 atom stereocenters. The van der Waals surface area contributed by atoms with Crippen molar-refractivity contribution in [3.05, 3.63) is 43.5 Å². The Labute approximate surface area is 223 Å². The second-order valence-electron chi connectivity index (χ2n) is 11.3. The zero-order valence-electron chi connectivity index (χ0n) is 22.5. The molecular weight excluding hydrogens is 560 g/mol. The van der Waals surface area contributed by atoms with Crippen LogP contribution in [-0.4, -0.2) is 45.5 Å². The number of hydrogen-bond donors (Lipinski definition) is 1. The number of benzene rings is 1. The highest BCUT2D eigenvalue weighted by molar-refractivity contribution is 9.10. The second kappa shape index (κ2) is 10.2. The van der Waals surface area contributed by atoms with Gasteiger partial charge in [0.15, 0.2) is 0 Å². The van der Waals surface area contributed by atoms with E-state index in [1.807, 2.05) is 6.07 Å². The van der Waals surface area contributed by atoms with Crippen LogP contribution in [0.5, 0.6) is 0 Å². The molecule has 2 fully saturated rings. The van der Waals surface area contributed by atoms with Crippen molar-refractivity contribution in [2.45, 2.75) is 102 Å². The average Bonchev–Trinajstić information content (AvgIpc) is 3.15. The number of H-pyrrole nitrogens is 1. The van der Waals surface area contributed by atoms with Gasteiger partial charge in [-0.25, -0.2) is 4.79 Å². The Morgan fingerprint density at radius 1 is 0.944 bits per heavy atom. The SMILES string of the molecule is CC(C)[Si]1(C(C)C)OC[C@H]2O[C@H](n3c(=O)[nH]c(=O)c4cc(Br)ccc43)C[C@@H]2O[Si](C(C)C)(C(C)C)O1. The number of hydrogen-bond acceptors (Lipinski definition) is 6. The van der Waals surface area contributed by atoms with Gasteiger partial charge in [-0.15, -0.1) is 0 Å². The number of nitrogens with one attached hydrogen (secondary N) is 1. The van der Waals surface area contributed by atoms with Crippen LogP contribution in [-0.2, 0) is 17.7 Å². The molecule has 1 aromatic heterocycles. The van der Waals surface area contributed by atoms with Crippen LogP contribution in [0.4, 0.5) is 0 Å². The summed E-state index contributed by atoms with van der Waals surface area (Å²) in [6.45, 7) is 17.9. The Balaban J connectivity index is 1.80. The number of fused-ring (bicyclic) bond motifs is 2. The van der Waals surface area contributed by atoms with E-state index < -0.39 is 34.6 Å². The van der Waals surface area contributed by atoms with Gasteiger partial charge >= 0.3 is 22.8 Å². The maximum atomic E-state index is 13.0. The fourth-order valence-electron chi connectivity index (χ4n) is 5.81. The Morgan fingerprint density at radius 2 is 1.56 bits per heavy atom. The third kappa shape index (κ3) is 4.65. The van der Waals surface area contributed by atoms with E-state index in [0.29, 0.717) is 23.9 Å². The molecule has 0 unspecified atom stereocenters. The molecule has 1 N–H and O–H groups in total. The highest BCUT2D eigenvalue weighted by Gasteiger charge is 2.60. The molecule has 8 nitrogen and oxygen atoms in total. The molecule has 0 saturated carbocycles. The highest BCUT2D eigenvalue weighted by atomic mass is 79.9. The van der Waals surface area contributed by atoms with Crippen LogP contribution in [0.2, 0.25) is 22.2 Å². The maximum Gasteiger partial charge on any atom is 0.335 e. The van der Waals surface area contributed by atoms with E-state index in [-0.39, 0.29) is 34.4 Å². The lowest BCUT2D eigenvalue weighted by molar-refractivity contribution is -0.0553. The van der Waals surface area contributed by atoms with Crippen LogP contribution in [0.1, 0.15) is 68.0 Å². The van der Waals surface area contributed by atoms with Crippen molar-refractivity contribution in [3.63, 3.8) is 0 Å². The van der Waals surface area contributed by atoms with Gasteiger partial charge in [0, 0.05) is 10.9 Å². The third-order valence-corrected chi connectivity index (χ3v) is 18.5. The van der Waals surface area contributed by atoms with E-state index >= 15 is 0 Å². The number of ether oxygens (including phenoxy) is 1. The Kier molecular flexibility index (Phi) is 7.94. The quantitative estimate of drug-likeness (QED) is 0.444. The first kappa shape index (κ1) is 27.9. The Hall–Kier alpha value is -1.09. The predicted octanol–water partition coefficient (Wildman–Crippen LogP) is 5.70. The minimum Gasteiger partial charge on any atom is -0.414 e. The van der Waals surface area contributed by atoms with Gasteiger partial charge in [0.25, 0.3) is 5.56 Å². The number of aromatic nitrogens is 2. The monoisotopic (exact) mass is 598 g/mol. The number of aromatic amines is 1. The van der Waals surface area contributed by atoms with Gasteiger partial charge in [0.1, 0.15) is 12.3 Å². The molecule has 2 aliphatic rings. The highest BCUT2D eigenvalue weighted by Crippen LogP contribution is 2.48. The van der Waals surface area contributed by atoms with Crippen molar-refractivity contribution in [1.29, 1.82) is 0 Å². The molecule has 0 spiro atoms. The lowest BCUT2D eigenvalue weighted by atomic mass is 10.2. The molecule has 36 heavy (non-hydrogen) atoms. The van der Waals surface area contributed by atoms with Crippen LogP contribution in [0.25, 0.3) is 10.9 Å². The molecule has 2 aromatic rings. The van der Waals surface area contributed by atoms with E-state index in [1.54, 1.807) is 16.7 Å². The van der Waals surface area contributed by atoms with E-state index in [1.165, 1.54) is 0 Å². The summed E-state index contributed by atoms with van der Waals surface area (Å²) in [5.74, 6) is 0. The zero-order valence-corrected chi connectivity index (χ0v) is 26.0. The molecule has 0 bridgehead atoms. The number of halogens is 1. The van der Waals surface area contributed by atoms with Crippen LogP contribution >= 0.6 is 15.9 Å². The van der Waals surface area contributed by atoms with Gasteiger partial charge in [-0.05, 0) is 40.4 Å². The van der Waals surface area contributed by atoms with Gasteiger partial charge < -0.3 is 17.7 Å². The lowest BCUT2D eigenvalue weighted by Gasteiger charge is -2.51. The molecule has 11 heteroatoms. The number of rotatable bonds is 5. The second-order valence-corrected chi connectivity index (χ2v) is 21.0. The summed E-state index contributed by atoms with van der Waals surface area (Å²) in [6.07, 6.45) is -0.727. The van der Waals surface area contributed by atoms with Gasteiger partial charge in [-0.2, -0.15) is 0 Å². The molecule has 4 rings (SSSR count). The molecule has 0 aliphatic carbocycles. The van der Waals surface area contributed by atoms with Gasteiger partial charge in [-0.1, -0.05) is 71.3 Å². The van der Waals surface area contributed by atoms with Crippen LogP contribution in [0.3, 0.4) is 0 Å². The van der Waals surface area contributed by atoms with Crippen LogP contribution in [0.15, 0.2) is 32.3 Å².